The Labute approximate surface area is 183 Å². The Morgan fingerprint density at radius 3 is 2.52 bits per heavy atom. The van der Waals surface area contributed by atoms with Crippen molar-refractivity contribution in [3.63, 3.8) is 0 Å². The van der Waals surface area contributed by atoms with Crippen LogP contribution in [0.2, 0.25) is 0 Å². The maximum absolute atomic E-state index is 13.2. The molecule has 0 unspecified atom stereocenters. The first-order valence-electron chi connectivity index (χ1n) is 9.43. The molecular formula is C22H21FN4O3S. The van der Waals surface area contributed by atoms with Gasteiger partial charge in [0, 0.05) is 40.5 Å². The highest BCUT2D eigenvalue weighted by Gasteiger charge is 2.10. The van der Waals surface area contributed by atoms with Crippen LogP contribution in [0.4, 0.5) is 10.1 Å². The normalized spacial score (nSPS) is 11.1. The van der Waals surface area contributed by atoms with E-state index in [1.807, 2.05) is 24.5 Å². The summed E-state index contributed by atoms with van der Waals surface area (Å²) < 4.78 is 15.2. The minimum absolute atomic E-state index is 0.0413. The quantitative estimate of drug-likeness (QED) is 0.317. The number of hydrogen-bond donors (Lipinski definition) is 1. The Bertz CT molecular complexity index is 1110. The number of aromatic nitrogens is 1. The Balaban J connectivity index is 1.52. The molecule has 0 aliphatic rings. The van der Waals surface area contributed by atoms with E-state index in [0.29, 0.717) is 5.75 Å². The standard InChI is InChI=1S/C22H21FN4O3S/c1-15-11-18(16(2)26(15)20-9-5-19(23)6-10-20)12-24-25-22(28)14-31-13-17-3-7-21(8-4-17)27(29)30/h3-12H,13-14H2,1-2H3,(H,25,28)/b24-12+. The van der Waals surface area contributed by atoms with E-state index in [-0.39, 0.29) is 23.2 Å². The average Bonchev–Trinajstić information content (AvgIpc) is 3.02. The zero-order valence-electron chi connectivity index (χ0n) is 17.0. The Morgan fingerprint density at radius 1 is 1.19 bits per heavy atom. The Morgan fingerprint density at radius 2 is 1.87 bits per heavy atom. The van der Waals surface area contributed by atoms with Gasteiger partial charge in [0.15, 0.2) is 0 Å². The maximum atomic E-state index is 13.2. The monoisotopic (exact) mass is 440 g/mol. The van der Waals surface area contributed by atoms with Gasteiger partial charge in [-0.15, -0.1) is 11.8 Å². The number of nitrogens with one attached hydrogen (secondary N) is 1. The van der Waals surface area contributed by atoms with Crippen LogP contribution in [0.15, 0.2) is 59.7 Å². The van der Waals surface area contributed by atoms with Crippen LogP contribution in [-0.2, 0) is 10.5 Å². The van der Waals surface area contributed by atoms with Gasteiger partial charge in [-0.3, -0.25) is 14.9 Å². The van der Waals surface area contributed by atoms with Gasteiger partial charge < -0.3 is 4.57 Å². The van der Waals surface area contributed by atoms with Crippen LogP contribution in [0, 0.1) is 29.8 Å². The number of non-ortho nitro benzene ring substituents is 1. The number of carbonyl (C=O) groups excluding carboxylic acids is 1. The molecule has 31 heavy (non-hydrogen) atoms. The van der Waals surface area contributed by atoms with Crippen LogP contribution >= 0.6 is 11.8 Å². The molecule has 0 aliphatic heterocycles. The first-order valence-corrected chi connectivity index (χ1v) is 10.6. The molecule has 0 saturated heterocycles. The summed E-state index contributed by atoms with van der Waals surface area (Å²) in [6, 6.07) is 14.4. The fourth-order valence-corrected chi connectivity index (χ4v) is 3.87. The number of amides is 1. The van der Waals surface area contributed by atoms with Gasteiger partial charge in [0.1, 0.15) is 5.82 Å². The SMILES string of the molecule is Cc1cc(/C=N/NC(=O)CSCc2ccc([N+](=O)[O-])cc2)c(C)n1-c1ccc(F)cc1. The van der Waals surface area contributed by atoms with Crippen molar-refractivity contribution in [1.29, 1.82) is 0 Å². The van der Waals surface area contributed by atoms with Crippen LogP contribution < -0.4 is 5.43 Å². The molecule has 1 heterocycles. The minimum atomic E-state index is -0.445. The van der Waals surface area contributed by atoms with Crippen LogP contribution in [-0.4, -0.2) is 27.4 Å². The van der Waals surface area contributed by atoms with Gasteiger partial charge in [-0.25, -0.2) is 9.82 Å². The van der Waals surface area contributed by atoms with Crippen LogP contribution in [0.3, 0.4) is 0 Å². The second-order valence-corrected chi connectivity index (χ2v) is 7.83. The first kappa shape index (κ1) is 22.2. The molecule has 1 N–H and O–H groups in total. The molecule has 0 bridgehead atoms. The minimum Gasteiger partial charge on any atom is -0.318 e. The number of carbonyl (C=O) groups is 1. The summed E-state index contributed by atoms with van der Waals surface area (Å²) in [6.45, 7) is 3.88. The van der Waals surface area contributed by atoms with Crippen molar-refractivity contribution in [2.24, 2.45) is 5.10 Å². The molecule has 2 aromatic carbocycles. The van der Waals surface area contributed by atoms with Crippen LogP contribution in [0.25, 0.3) is 5.69 Å². The molecule has 9 heteroatoms. The van der Waals surface area contributed by atoms with E-state index in [2.05, 4.69) is 10.5 Å². The van der Waals surface area contributed by atoms with E-state index in [9.17, 15) is 19.3 Å². The lowest BCUT2D eigenvalue weighted by Crippen LogP contribution is -2.19. The third-order valence-electron chi connectivity index (χ3n) is 4.60. The number of aryl methyl sites for hydroxylation is 1. The zero-order valence-corrected chi connectivity index (χ0v) is 17.9. The first-order chi connectivity index (χ1) is 14.8. The Hall–Kier alpha value is -3.46. The van der Waals surface area contributed by atoms with Crippen molar-refractivity contribution < 1.29 is 14.1 Å². The molecule has 0 aliphatic carbocycles. The van der Waals surface area contributed by atoms with Crippen LogP contribution in [0.5, 0.6) is 0 Å². The highest BCUT2D eigenvalue weighted by atomic mass is 32.2. The largest absolute Gasteiger partial charge is 0.318 e. The molecule has 0 radical (unpaired) electrons. The number of hydrogen-bond acceptors (Lipinski definition) is 5. The molecule has 1 amide bonds. The number of nitro groups is 1. The van der Waals surface area contributed by atoms with E-state index < -0.39 is 4.92 Å². The highest BCUT2D eigenvalue weighted by Crippen LogP contribution is 2.20. The van der Waals surface area contributed by atoms with Gasteiger partial charge in [0.25, 0.3) is 5.69 Å². The molecular weight excluding hydrogens is 419 g/mol. The van der Waals surface area contributed by atoms with Gasteiger partial charge in [0.2, 0.25) is 5.91 Å². The lowest BCUT2D eigenvalue weighted by molar-refractivity contribution is -0.384. The Kier molecular flexibility index (Phi) is 7.19. The molecule has 1 aromatic heterocycles. The summed E-state index contributed by atoms with van der Waals surface area (Å²) >= 11 is 1.39. The molecule has 160 valence electrons. The molecule has 0 atom stereocenters. The summed E-state index contributed by atoms with van der Waals surface area (Å²) in [4.78, 5) is 22.2. The third kappa shape index (κ3) is 5.79. The second kappa shape index (κ2) is 10.0. The molecule has 0 spiro atoms. The highest BCUT2D eigenvalue weighted by molar-refractivity contribution is 7.99. The van der Waals surface area contributed by atoms with Crippen molar-refractivity contribution in [2.75, 3.05) is 5.75 Å². The number of nitro benzene ring substituents is 1. The number of nitrogens with zero attached hydrogens (tertiary/aromatic N) is 3. The molecule has 7 nitrogen and oxygen atoms in total. The summed E-state index contributed by atoms with van der Waals surface area (Å²) in [5.41, 5.74) is 7.04. The van der Waals surface area contributed by atoms with Gasteiger partial charge >= 0.3 is 0 Å². The lowest BCUT2D eigenvalue weighted by atomic mass is 10.2. The topological polar surface area (TPSA) is 89.5 Å². The molecule has 0 fully saturated rings. The van der Waals surface area contributed by atoms with Gasteiger partial charge in [0.05, 0.1) is 16.9 Å². The van der Waals surface area contributed by atoms with Crippen molar-refractivity contribution in [3.8, 4) is 5.69 Å². The predicted molar refractivity (Wildman–Crippen MR) is 120 cm³/mol. The number of hydrazone groups is 1. The number of rotatable bonds is 8. The molecule has 3 rings (SSSR count). The lowest BCUT2D eigenvalue weighted by Gasteiger charge is -2.09. The second-order valence-electron chi connectivity index (χ2n) is 6.85. The third-order valence-corrected chi connectivity index (χ3v) is 5.60. The summed E-state index contributed by atoms with van der Waals surface area (Å²) in [7, 11) is 0. The zero-order chi connectivity index (χ0) is 22.4. The number of thioether (sulfide) groups is 1. The van der Waals surface area contributed by atoms with Gasteiger partial charge in [-0.2, -0.15) is 5.10 Å². The van der Waals surface area contributed by atoms with Gasteiger partial charge in [-0.05, 0) is 49.7 Å². The van der Waals surface area contributed by atoms with Crippen LogP contribution in [0.1, 0.15) is 22.5 Å². The van der Waals surface area contributed by atoms with E-state index in [1.54, 1.807) is 30.5 Å². The van der Waals surface area contributed by atoms with Crippen molar-refractivity contribution in [3.05, 3.63) is 93.0 Å². The number of benzene rings is 2. The van der Waals surface area contributed by atoms with Gasteiger partial charge in [-0.1, -0.05) is 12.1 Å². The van der Waals surface area contributed by atoms with E-state index in [1.165, 1.54) is 36.0 Å². The summed E-state index contributed by atoms with van der Waals surface area (Å²) in [5.74, 6) is 0.245. The van der Waals surface area contributed by atoms with E-state index in [4.69, 9.17) is 0 Å². The summed E-state index contributed by atoms with van der Waals surface area (Å²) in [5, 5.41) is 14.7. The predicted octanol–water partition coefficient (Wildman–Crippen LogP) is 4.52. The van der Waals surface area contributed by atoms with Crippen molar-refractivity contribution >= 4 is 29.6 Å². The molecule has 0 saturated carbocycles. The van der Waals surface area contributed by atoms with E-state index in [0.717, 1.165) is 28.2 Å². The van der Waals surface area contributed by atoms with E-state index >= 15 is 0 Å². The summed E-state index contributed by atoms with van der Waals surface area (Å²) in [6.07, 6.45) is 1.58. The number of halogens is 1. The fraction of sp³-hybridized carbons (Fsp3) is 0.182. The van der Waals surface area contributed by atoms with Crippen molar-refractivity contribution in [2.45, 2.75) is 19.6 Å². The average molecular weight is 441 g/mol. The van der Waals surface area contributed by atoms with Crippen molar-refractivity contribution in [1.82, 2.24) is 9.99 Å². The maximum Gasteiger partial charge on any atom is 0.269 e. The smallest absolute Gasteiger partial charge is 0.269 e. The fourth-order valence-electron chi connectivity index (χ4n) is 3.09. The molecule has 3 aromatic rings.